The number of nitrogens with one attached hydrogen (secondary N) is 1. The molecule has 0 radical (unpaired) electrons. The Hall–Kier alpha value is -1.13. The second-order valence-electron chi connectivity index (χ2n) is 4.57. The van der Waals surface area contributed by atoms with Crippen molar-refractivity contribution in [3.05, 3.63) is 23.4 Å². The molecule has 4 nitrogen and oxygen atoms in total. The van der Waals surface area contributed by atoms with Gasteiger partial charge in [0, 0.05) is 25.9 Å². The molecule has 2 heterocycles. The van der Waals surface area contributed by atoms with Crippen molar-refractivity contribution in [3.8, 4) is 0 Å². The van der Waals surface area contributed by atoms with Crippen LogP contribution < -0.4 is 10.2 Å². The number of aromatic nitrogens is 1. The molecule has 0 saturated carbocycles. The lowest BCUT2D eigenvalue weighted by molar-refractivity contribution is 0.193. The summed E-state index contributed by atoms with van der Waals surface area (Å²) in [5.74, 6) is 1.04. The molecule has 0 bridgehead atoms. The van der Waals surface area contributed by atoms with Gasteiger partial charge < -0.3 is 15.0 Å². The first-order chi connectivity index (χ1) is 8.22. The van der Waals surface area contributed by atoms with Crippen LogP contribution in [0.2, 0.25) is 0 Å². The second kappa shape index (κ2) is 5.47. The molecular weight excluding hydrogens is 214 g/mol. The topological polar surface area (TPSA) is 37.4 Å². The molecule has 1 N–H and O–H groups in total. The van der Waals surface area contributed by atoms with Gasteiger partial charge in [-0.3, -0.25) is 0 Å². The van der Waals surface area contributed by atoms with Crippen LogP contribution in [0.25, 0.3) is 0 Å². The van der Waals surface area contributed by atoms with E-state index >= 15 is 0 Å². The lowest BCUT2D eigenvalue weighted by Crippen LogP contribution is -2.32. The maximum absolute atomic E-state index is 5.41. The predicted molar refractivity (Wildman–Crippen MR) is 69.4 cm³/mol. The fourth-order valence-corrected chi connectivity index (χ4v) is 2.16. The molecule has 0 spiro atoms. The lowest BCUT2D eigenvalue weighted by atomic mass is 10.2. The van der Waals surface area contributed by atoms with Crippen molar-refractivity contribution < 1.29 is 4.74 Å². The van der Waals surface area contributed by atoms with Crippen LogP contribution in [0.3, 0.4) is 0 Å². The lowest BCUT2D eigenvalue weighted by Gasteiger charge is -2.25. The van der Waals surface area contributed by atoms with Gasteiger partial charge >= 0.3 is 0 Å². The van der Waals surface area contributed by atoms with E-state index in [0.29, 0.717) is 6.04 Å². The van der Waals surface area contributed by atoms with Gasteiger partial charge in [0.2, 0.25) is 0 Å². The molecule has 1 unspecified atom stereocenters. The number of ether oxygens (including phenoxy) is 1. The van der Waals surface area contributed by atoms with Crippen LogP contribution in [0.4, 0.5) is 5.82 Å². The van der Waals surface area contributed by atoms with Gasteiger partial charge in [0.25, 0.3) is 0 Å². The van der Waals surface area contributed by atoms with Crippen molar-refractivity contribution in [1.82, 2.24) is 10.3 Å². The third kappa shape index (κ3) is 2.76. The minimum Gasteiger partial charge on any atom is -0.379 e. The third-order valence-corrected chi connectivity index (χ3v) is 3.36. The molecule has 1 saturated heterocycles. The van der Waals surface area contributed by atoms with E-state index in [1.165, 1.54) is 5.56 Å². The summed E-state index contributed by atoms with van der Waals surface area (Å²) in [6, 6.07) is 4.72. The summed E-state index contributed by atoms with van der Waals surface area (Å²) in [5, 5.41) is 3.16. The van der Waals surface area contributed by atoms with Gasteiger partial charge in [-0.25, -0.2) is 4.98 Å². The van der Waals surface area contributed by atoms with Crippen molar-refractivity contribution in [2.45, 2.75) is 25.9 Å². The normalized spacial score (nSPS) is 19.6. The summed E-state index contributed by atoms with van der Waals surface area (Å²) in [5.41, 5.74) is 2.36. The molecule has 1 atom stereocenters. The third-order valence-electron chi connectivity index (χ3n) is 3.36. The Bertz CT molecular complexity index is 375. The average molecular weight is 235 g/mol. The van der Waals surface area contributed by atoms with E-state index in [1.807, 2.05) is 7.05 Å². The second-order valence-corrected chi connectivity index (χ2v) is 4.57. The molecule has 0 amide bonds. The van der Waals surface area contributed by atoms with E-state index < -0.39 is 0 Å². The van der Waals surface area contributed by atoms with E-state index in [4.69, 9.17) is 4.74 Å². The smallest absolute Gasteiger partial charge is 0.128 e. The minimum atomic E-state index is 0.469. The molecular formula is C13H21N3O. The maximum atomic E-state index is 5.41. The highest BCUT2D eigenvalue weighted by Crippen LogP contribution is 2.19. The zero-order valence-electron chi connectivity index (χ0n) is 10.9. The monoisotopic (exact) mass is 235 g/mol. The van der Waals surface area contributed by atoms with Gasteiger partial charge in [0.15, 0.2) is 0 Å². The Morgan fingerprint density at radius 2 is 2.35 bits per heavy atom. The van der Waals surface area contributed by atoms with Crippen LogP contribution in [0.1, 0.15) is 17.7 Å². The van der Waals surface area contributed by atoms with Gasteiger partial charge in [-0.1, -0.05) is 6.07 Å². The van der Waals surface area contributed by atoms with Crippen LogP contribution in [0.15, 0.2) is 12.1 Å². The van der Waals surface area contributed by atoms with Gasteiger partial charge in [-0.15, -0.1) is 0 Å². The van der Waals surface area contributed by atoms with Crippen molar-refractivity contribution in [3.63, 3.8) is 0 Å². The molecule has 1 aromatic heterocycles. The Balaban J connectivity index is 2.12. The van der Waals surface area contributed by atoms with Crippen molar-refractivity contribution in [2.24, 2.45) is 0 Å². The van der Waals surface area contributed by atoms with E-state index in [2.05, 4.69) is 41.3 Å². The van der Waals surface area contributed by atoms with Crippen LogP contribution in [-0.2, 0) is 11.3 Å². The van der Waals surface area contributed by atoms with Gasteiger partial charge in [-0.05, 0) is 32.0 Å². The van der Waals surface area contributed by atoms with Gasteiger partial charge in [-0.2, -0.15) is 0 Å². The molecule has 1 aliphatic heterocycles. The molecule has 0 aliphatic carbocycles. The Labute approximate surface area is 103 Å². The Morgan fingerprint density at radius 3 is 2.94 bits per heavy atom. The molecule has 94 valence electrons. The number of rotatable bonds is 4. The summed E-state index contributed by atoms with van der Waals surface area (Å²) in [6.07, 6.45) is 1.09. The zero-order chi connectivity index (χ0) is 12.3. The fraction of sp³-hybridized carbons (Fsp3) is 0.615. The van der Waals surface area contributed by atoms with Crippen LogP contribution in [-0.4, -0.2) is 38.3 Å². The van der Waals surface area contributed by atoms with Crippen molar-refractivity contribution in [1.29, 1.82) is 0 Å². The minimum absolute atomic E-state index is 0.469. The van der Waals surface area contributed by atoms with E-state index in [-0.39, 0.29) is 0 Å². The Morgan fingerprint density at radius 1 is 1.53 bits per heavy atom. The van der Waals surface area contributed by atoms with Gasteiger partial charge in [0.05, 0.1) is 12.6 Å². The standard InChI is InChI=1S/C13H21N3O/c1-10-11(8-14-2)4-5-13(15-10)16(3)12-6-7-17-9-12/h4-5,12,14H,6-9H2,1-3H3. The van der Waals surface area contributed by atoms with Crippen LogP contribution in [0, 0.1) is 6.92 Å². The summed E-state index contributed by atoms with van der Waals surface area (Å²) in [4.78, 5) is 6.89. The van der Waals surface area contributed by atoms with Gasteiger partial charge in [0.1, 0.15) is 5.82 Å². The largest absolute Gasteiger partial charge is 0.379 e. The molecule has 1 aromatic rings. The average Bonchev–Trinajstić information content (AvgIpc) is 2.84. The quantitative estimate of drug-likeness (QED) is 0.854. The summed E-state index contributed by atoms with van der Waals surface area (Å²) in [7, 11) is 4.05. The van der Waals surface area contributed by atoms with E-state index in [9.17, 15) is 0 Å². The number of hydrogen-bond acceptors (Lipinski definition) is 4. The summed E-state index contributed by atoms with van der Waals surface area (Å²) in [6.45, 7) is 4.62. The zero-order valence-corrected chi connectivity index (χ0v) is 10.9. The van der Waals surface area contributed by atoms with Crippen molar-refractivity contribution in [2.75, 3.05) is 32.2 Å². The molecule has 4 heteroatoms. The molecule has 0 aromatic carbocycles. The van der Waals surface area contributed by atoms with Crippen molar-refractivity contribution >= 4 is 5.82 Å². The highest BCUT2D eigenvalue weighted by Gasteiger charge is 2.21. The number of nitrogens with zero attached hydrogens (tertiary/aromatic N) is 2. The number of anilines is 1. The molecule has 2 rings (SSSR count). The van der Waals surface area contributed by atoms with Crippen LogP contribution >= 0.6 is 0 Å². The first kappa shape index (κ1) is 12.3. The van der Waals surface area contributed by atoms with E-state index in [1.54, 1.807) is 0 Å². The predicted octanol–water partition coefficient (Wildman–Crippen LogP) is 1.33. The van der Waals surface area contributed by atoms with Crippen LogP contribution in [0.5, 0.6) is 0 Å². The highest BCUT2D eigenvalue weighted by atomic mass is 16.5. The molecule has 1 aliphatic rings. The SMILES string of the molecule is CNCc1ccc(N(C)C2CCOC2)nc1C. The summed E-state index contributed by atoms with van der Waals surface area (Å²) >= 11 is 0. The fourth-order valence-electron chi connectivity index (χ4n) is 2.16. The first-order valence-corrected chi connectivity index (χ1v) is 6.14. The molecule has 17 heavy (non-hydrogen) atoms. The highest BCUT2D eigenvalue weighted by molar-refractivity contribution is 5.42. The Kier molecular flexibility index (Phi) is 3.97. The molecule has 1 fully saturated rings. The van der Waals surface area contributed by atoms with E-state index in [0.717, 1.165) is 37.7 Å². The number of aryl methyl sites for hydroxylation is 1. The summed E-state index contributed by atoms with van der Waals surface area (Å²) < 4.78 is 5.41. The number of hydrogen-bond donors (Lipinski definition) is 1. The first-order valence-electron chi connectivity index (χ1n) is 6.14. The number of pyridine rings is 1. The number of likely N-dealkylation sites (N-methyl/N-ethyl adjacent to an activating group) is 1. The maximum Gasteiger partial charge on any atom is 0.128 e.